The van der Waals surface area contributed by atoms with Crippen LogP contribution in [0.4, 0.5) is 0 Å². The van der Waals surface area contributed by atoms with Crippen LogP contribution in [0.2, 0.25) is 0 Å². The third-order valence-corrected chi connectivity index (χ3v) is 4.42. The summed E-state index contributed by atoms with van der Waals surface area (Å²) in [6, 6.07) is 17.8. The lowest BCUT2D eigenvalue weighted by Gasteiger charge is -2.22. The van der Waals surface area contributed by atoms with Crippen LogP contribution in [-0.4, -0.2) is 30.5 Å². The van der Waals surface area contributed by atoms with Crippen molar-refractivity contribution in [2.45, 2.75) is 19.8 Å². The Morgan fingerprint density at radius 1 is 1.20 bits per heavy atom. The highest BCUT2D eigenvalue weighted by atomic mass is 79.9. The molecule has 0 aliphatic carbocycles. The summed E-state index contributed by atoms with van der Waals surface area (Å²) in [5, 5.41) is 8.83. The first-order valence-electron chi connectivity index (χ1n) is 8.17. The van der Waals surface area contributed by atoms with E-state index in [4.69, 9.17) is 10.00 Å². The van der Waals surface area contributed by atoms with Gasteiger partial charge in [-0.25, -0.2) is 0 Å². The summed E-state index contributed by atoms with van der Waals surface area (Å²) in [5.41, 5.74) is 2.28. The fourth-order valence-corrected chi connectivity index (χ4v) is 3.02. The zero-order valence-corrected chi connectivity index (χ0v) is 15.8. The summed E-state index contributed by atoms with van der Waals surface area (Å²) in [6.45, 7) is 2.94. The molecule has 0 fully saturated rings. The van der Waals surface area contributed by atoms with E-state index in [1.54, 1.807) is 4.90 Å². The van der Waals surface area contributed by atoms with Gasteiger partial charge in [0, 0.05) is 13.1 Å². The van der Waals surface area contributed by atoms with Gasteiger partial charge in [-0.05, 0) is 52.5 Å². The Bertz CT molecular complexity index is 741. The van der Waals surface area contributed by atoms with Crippen molar-refractivity contribution in [3.8, 4) is 11.8 Å². The number of nitrogens with zero attached hydrogens (tertiary/aromatic N) is 2. The average Bonchev–Trinajstić information content (AvgIpc) is 2.61. The van der Waals surface area contributed by atoms with Gasteiger partial charge in [-0.1, -0.05) is 36.4 Å². The molecule has 5 heteroatoms. The van der Waals surface area contributed by atoms with E-state index in [0.717, 1.165) is 16.5 Å². The van der Waals surface area contributed by atoms with Gasteiger partial charge in [0.05, 0.1) is 17.0 Å². The molecule has 0 radical (unpaired) electrons. The van der Waals surface area contributed by atoms with Crippen molar-refractivity contribution in [1.29, 1.82) is 5.26 Å². The molecule has 2 aromatic rings. The van der Waals surface area contributed by atoms with E-state index < -0.39 is 0 Å². The van der Waals surface area contributed by atoms with Gasteiger partial charge in [-0.3, -0.25) is 4.79 Å². The molecule has 0 atom stereocenters. The molecular weight excluding hydrogens is 380 g/mol. The minimum absolute atomic E-state index is 0.0398. The van der Waals surface area contributed by atoms with E-state index in [2.05, 4.69) is 22.0 Å². The number of hydrogen-bond donors (Lipinski definition) is 0. The molecule has 0 saturated carbocycles. The maximum Gasteiger partial charge on any atom is 0.260 e. The lowest BCUT2D eigenvalue weighted by Crippen LogP contribution is -2.37. The van der Waals surface area contributed by atoms with E-state index in [0.29, 0.717) is 25.3 Å². The van der Waals surface area contributed by atoms with Crippen molar-refractivity contribution < 1.29 is 9.53 Å². The van der Waals surface area contributed by atoms with Crippen LogP contribution >= 0.6 is 15.9 Å². The van der Waals surface area contributed by atoms with Crippen molar-refractivity contribution in [3.05, 3.63) is 64.1 Å². The minimum atomic E-state index is -0.112. The number of rotatable bonds is 8. The van der Waals surface area contributed by atoms with Crippen molar-refractivity contribution in [3.63, 3.8) is 0 Å². The van der Waals surface area contributed by atoms with Gasteiger partial charge in [0.15, 0.2) is 6.61 Å². The molecular formula is C20H21BrN2O2. The molecule has 2 aromatic carbocycles. The zero-order valence-electron chi connectivity index (χ0n) is 14.2. The molecule has 0 spiro atoms. The van der Waals surface area contributed by atoms with Crippen LogP contribution < -0.4 is 4.74 Å². The van der Waals surface area contributed by atoms with Gasteiger partial charge in [0.1, 0.15) is 5.75 Å². The van der Waals surface area contributed by atoms with E-state index >= 15 is 0 Å². The molecule has 0 aromatic heterocycles. The molecule has 0 unspecified atom stereocenters. The second-order valence-electron chi connectivity index (χ2n) is 5.75. The number of halogens is 1. The fourth-order valence-electron chi connectivity index (χ4n) is 2.41. The van der Waals surface area contributed by atoms with Crippen molar-refractivity contribution in [2.24, 2.45) is 0 Å². The van der Waals surface area contributed by atoms with Crippen LogP contribution in [0, 0.1) is 18.3 Å². The molecule has 0 saturated heterocycles. The third-order valence-electron chi connectivity index (χ3n) is 3.80. The predicted octanol–water partition coefficient (Wildman–Crippen LogP) is 4.12. The van der Waals surface area contributed by atoms with Gasteiger partial charge < -0.3 is 9.64 Å². The molecule has 0 heterocycles. The number of amides is 1. The van der Waals surface area contributed by atoms with Crippen LogP contribution in [0.1, 0.15) is 17.5 Å². The van der Waals surface area contributed by atoms with E-state index in [9.17, 15) is 4.79 Å². The zero-order chi connectivity index (χ0) is 18.1. The van der Waals surface area contributed by atoms with Crippen LogP contribution in [0.25, 0.3) is 0 Å². The Balaban J connectivity index is 1.93. The van der Waals surface area contributed by atoms with Crippen molar-refractivity contribution in [2.75, 3.05) is 19.7 Å². The summed E-state index contributed by atoms with van der Waals surface area (Å²) in [5.74, 6) is 0.529. The molecule has 25 heavy (non-hydrogen) atoms. The smallest absolute Gasteiger partial charge is 0.260 e. The Kier molecular flexibility index (Phi) is 7.49. The average molecular weight is 401 g/mol. The van der Waals surface area contributed by atoms with Gasteiger partial charge in [-0.2, -0.15) is 5.26 Å². The largest absolute Gasteiger partial charge is 0.483 e. The summed E-state index contributed by atoms with van der Waals surface area (Å²) in [6.07, 6.45) is 1.07. The SMILES string of the molecule is Cc1ccc(OCC(=O)N(CCC#N)CCc2ccccc2)c(Br)c1. The Morgan fingerprint density at radius 3 is 2.64 bits per heavy atom. The summed E-state index contributed by atoms with van der Waals surface area (Å²) >= 11 is 3.44. The number of aryl methyl sites for hydroxylation is 1. The van der Waals surface area contributed by atoms with E-state index in [1.165, 1.54) is 5.56 Å². The maximum absolute atomic E-state index is 12.5. The highest BCUT2D eigenvalue weighted by Gasteiger charge is 2.15. The van der Waals surface area contributed by atoms with Gasteiger partial charge in [0.25, 0.3) is 5.91 Å². The molecule has 1 amide bonds. The van der Waals surface area contributed by atoms with E-state index in [1.807, 2.05) is 55.5 Å². The summed E-state index contributed by atoms with van der Waals surface area (Å²) in [4.78, 5) is 14.2. The molecule has 4 nitrogen and oxygen atoms in total. The van der Waals surface area contributed by atoms with E-state index in [-0.39, 0.29) is 12.5 Å². The number of nitriles is 1. The number of ether oxygens (including phenoxy) is 1. The predicted molar refractivity (Wildman–Crippen MR) is 101 cm³/mol. The Morgan fingerprint density at radius 2 is 1.96 bits per heavy atom. The van der Waals surface area contributed by atoms with Crippen molar-refractivity contribution >= 4 is 21.8 Å². The van der Waals surface area contributed by atoms with Crippen LogP contribution in [0.3, 0.4) is 0 Å². The van der Waals surface area contributed by atoms with Crippen LogP contribution in [0.5, 0.6) is 5.75 Å². The topological polar surface area (TPSA) is 53.3 Å². The first kappa shape index (κ1) is 19.0. The normalized spacial score (nSPS) is 10.1. The van der Waals surface area contributed by atoms with Crippen molar-refractivity contribution in [1.82, 2.24) is 4.90 Å². The first-order chi connectivity index (χ1) is 12.1. The number of carbonyl (C=O) groups excluding carboxylic acids is 1. The Hall–Kier alpha value is -2.32. The second-order valence-corrected chi connectivity index (χ2v) is 6.60. The molecule has 2 rings (SSSR count). The van der Waals surface area contributed by atoms with Gasteiger partial charge in [-0.15, -0.1) is 0 Å². The maximum atomic E-state index is 12.5. The second kappa shape index (κ2) is 9.85. The van der Waals surface area contributed by atoms with Crippen LogP contribution in [0.15, 0.2) is 53.0 Å². The molecule has 0 aliphatic rings. The Labute approximate surface area is 157 Å². The molecule has 130 valence electrons. The standard InChI is InChI=1S/C20H21BrN2O2/c1-16-8-9-19(18(21)14-16)25-15-20(24)23(12-5-11-22)13-10-17-6-3-2-4-7-17/h2-4,6-9,14H,5,10,12-13,15H2,1H3. The van der Waals surface area contributed by atoms with Gasteiger partial charge in [0.2, 0.25) is 0 Å². The quantitative estimate of drug-likeness (QED) is 0.669. The monoisotopic (exact) mass is 400 g/mol. The first-order valence-corrected chi connectivity index (χ1v) is 8.97. The summed E-state index contributed by atoms with van der Waals surface area (Å²) in [7, 11) is 0. The molecule has 0 aliphatic heterocycles. The molecule has 0 bridgehead atoms. The van der Waals surface area contributed by atoms with Crippen LogP contribution in [-0.2, 0) is 11.2 Å². The number of hydrogen-bond acceptors (Lipinski definition) is 3. The minimum Gasteiger partial charge on any atom is -0.483 e. The number of benzene rings is 2. The highest BCUT2D eigenvalue weighted by Crippen LogP contribution is 2.25. The van der Waals surface area contributed by atoms with Gasteiger partial charge >= 0.3 is 0 Å². The summed E-state index contributed by atoms with van der Waals surface area (Å²) < 4.78 is 6.47. The lowest BCUT2D eigenvalue weighted by atomic mass is 10.1. The fraction of sp³-hybridized carbons (Fsp3) is 0.300. The lowest BCUT2D eigenvalue weighted by molar-refractivity contribution is -0.133. The number of carbonyl (C=O) groups is 1. The molecule has 0 N–H and O–H groups in total. The third kappa shape index (κ3) is 6.24. The highest BCUT2D eigenvalue weighted by molar-refractivity contribution is 9.10.